The number of benzene rings is 1. The van der Waals surface area contributed by atoms with E-state index in [9.17, 15) is 13.2 Å². The zero-order chi connectivity index (χ0) is 13.9. The Kier molecular flexibility index (Phi) is 4.18. The number of sulfonamides is 1. The number of hydrogen-bond acceptors (Lipinski definition) is 4. The monoisotopic (exact) mass is 283 g/mol. The normalized spacial score (nSPS) is 20.1. The van der Waals surface area contributed by atoms with Crippen molar-refractivity contribution in [2.45, 2.75) is 30.3 Å². The molecule has 0 radical (unpaired) electrons. The molecule has 4 N–H and O–H groups in total. The minimum absolute atomic E-state index is 0.133. The molecule has 0 spiro atoms. The summed E-state index contributed by atoms with van der Waals surface area (Å²) in [6.07, 6.45) is 1.27. The molecule has 0 aromatic heterocycles. The molecule has 1 aromatic rings. The van der Waals surface area contributed by atoms with Crippen LogP contribution in [-0.2, 0) is 21.4 Å². The van der Waals surface area contributed by atoms with Gasteiger partial charge < -0.3 is 11.1 Å². The second kappa shape index (κ2) is 5.68. The van der Waals surface area contributed by atoms with E-state index in [1.165, 1.54) is 6.07 Å². The molecule has 2 rings (SSSR count). The molecule has 1 unspecified atom stereocenters. The smallest absolute Gasteiger partial charge is 0.241 e. The van der Waals surface area contributed by atoms with E-state index in [1.54, 1.807) is 18.2 Å². The maximum Gasteiger partial charge on any atom is 0.241 e. The van der Waals surface area contributed by atoms with Crippen molar-refractivity contribution in [3.05, 3.63) is 29.8 Å². The summed E-state index contributed by atoms with van der Waals surface area (Å²) in [7, 11) is -3.73. The van der Waals surface area contributed by atoms with E-state index < -0.39 is 16.1 Å². The van der Waals surface area contributed by atoms with Gasteiger partial charge in [0.2, 0.25) is 15.9 Å². The molecular weight excluding hydrogens is 266 g/mol. The highest BCUT2D eigenvalue weighted by Crippen LogP contribution is 2.16. The highest BCUT2D eigenvalue weighted by Gasteiger charge is 2.28. The average Bonchev–Trinajstić information content (AvgIpc) is 2.41. The number of piperidine rings is 1. The lowest BCUT2D eigenvalue weighted by Crippen LogP contribution is -2.50. The van der Waals surface area contributed by atoms with Crippen molar-refractivity contribution >= 4 is 15.9 Å². The molecule has 1 atom stereocenters. The van der Waals surface area contributed by atoms with Crippen molar-refractivity contribution in [1.82, 2.24) is 10.0 Å². The summed E-state index contributed by atoms with van der Waals surface area (Å²) in [5.74, 6) is -0.278. The Morgan fingerprint density at radius 2 is 2.11 bits per heavy atom. The van der Waals surface area contributed by atoms with Crippen molar-refractivity contribution in [1.29, 1.82) is 0 Å². The third-order valence-corrected chi connectivity index (χ3v) is 4.64. The maximum absolute atomic E-state index is 12.3. The molecule has 0 saturated carbocycles. The van der Waals surface area contributed by atoms with Gasteiger partial charge in [0.05, 0.1) is 4.90 Å². The van der Waals surface area contributed by atoms with Gasteiger partial charge in [0.25, 0.3) is 0 Å². The largest absolute Gasteiger partial charge is 0.355 e. The van der Waals surface area contributed by atoms with Gasteiger partial charge in [-0.25, -0.2) is 8.42 Å². The highest BCUT2D eigenvalue weighted by molar-refractivity contribution is 7.89. The van der Waals surface area contributed by atoms with Crippen LogP contribution in [0, 0.1) is 0 Å². The van der Waals surface area contributed by atoms with Crippen LogP contribution in [0.25, 0.3) is 0 Å². The van der Waals surface area contributed by atoms with Gasteiger partial charge in [-0.2, -0.15) is 4.72 Å². The average molecular weight is 283 g/mol. The van der Waals surface area contributed by atoms with E-state index >= 15 is 0 Å². The molecule has 1 heterocycles. The van der Waals surface area contributed by atoms with Crippen LogP contribution < -0.4 is 15.8 Å². The Balaban J connectivity index is 2.24. The van der Waals surface area contributed by atoms with E-state index in [0.29, 0.717) is 18.5 Å². The lowest BCUT2D eigenvalue weighted by Gasteiger charge is -2.23. The number of rotatable bonds is 4. The summed E-state index contributed by atoms with van der Waals surface area (Å²) in [5.41, 5.74) is 6.07. The van der Waals surface area contributed by atoms with Gasteiger partial charge in [-0.1, -0.05) is 18.2 Å². The first-order chi connectivity index (χ1) is 9.04. The van der Waals surface area contributed by atoms with Crippen LogP contribution in [0.1, 0.15) is 18.4 Å². The predicted octanol–water partition coefficient (Wildman–Crippen LogP) is -0.298. The van der Waals surface area contributed by atoms with E-state index in [-0.39, 0.29) is 17.3 Å². The minimum atomic E-state index is -3.73. The molecule has 7 heteroatoms. The molecular formula is C12H17N3O3S. The zero-order valence-corrected chi connectivity index (χ0v) is 11.2. The fourth-order valence-corrected chi connectivity index (χ4v) is 3.55. The summed E-state index contributed by atoms with van der Waals surface area (Å²) in [4.78, 5) is 11.7. The van der Waals surface area contributed by atoms with Crippen LogP contribution in [-0.4, -0.2) is 26.9 Å². The summed E-state index contributed by atoms with van der Waals surface area (Å²) < 4.78 is 27.0. The SMILES string of the molecule is NCc1ccccc1S(=O)(=O)NC1CCCNC1=O. The number of hydrogen-bond donors (Lipinski definition) is 3. The Bertz CT molecular complexity index is 571. The Labute approximate surface area is 112 Å². The summed E-state index contributed by atoms with van der Waals surface area (Å²) in [5, 5.41) is 2.64. The van der Waals surface area contributed by atoms with E-state index in [2.05, 4.69) is 10.0 Å². The number of carbonyl (C=O) groups excluding carboxylic acids is 1. The van der Waals surface area contributed by atoms with Gasteiger partial charge in [-0.15, -0.1) is 0 Å². The molecule has 1 saturated heterocycles. The van der Waals surface area contributed by atoms with Crippen molar-refractivity contribution in [2.24, 2.45) is 5.73 Å². The topological polar surface area (TPSA) is 101 Å². The van der Waals surface area contributed by atoms with Gasteiger partial charge in [-0.05, 0) is 24.5 Å². The molecule has 1 aliphatic heterocycles. The Hall–Kier alpha value is -1.44. The first-order valence-corrected chi connectivity index (χ1v) is 7.61. The Morgan fingerprint density at radius 3 is 2.79 bits per heavy atom. The standard InChI is InChI=1S/C12H17N3O3S/c13-8-9-4-1-2-6-11(9)19(17,18)15-10-5-3-7-14-12(10)16/h1-2,4,6,10,15H,3,5,7-8,13H2,(H,14,16). The van der Waals surface area contributed by atoms with Crippen LogP contribution in [0.3, 0.4) is 0 Å². The highest BCUT2D eigenvalue weighted by atomic mass is 32.2. The predicted molar refractivity (Wildman–Crippen MR) is 70.7 cm³/mol. The van der Waals surface area contributed by atoms with Crippen LogP contribution >= 0.6 is 0 Å². The fourth-order valence-electron chi connectivity index (χ4n) is 2.07. The molecule has 6 nitrogen and oxygen atoms in total. The van der Waals surface area contributed by atoms with Crippen LogP contribution in [0.2, 0.25) is 0 Å². The fraction of sp³-hybridized carbons (Fsp3) is 0.417. The van der Waals surface area contributed by atoms with Gasteiger partial charge in [-0.3, -0.25) is 4.79 Å². The van der Waals surface area contributed by atoms with Crippen LogP contribution in [0.5, 0.6) is 0 Å². The van der Waals surface area contributed by atoms with Crippen molar-refractivity contribution in [3.8, 4) is 0 Å². The number of carbonyl (C=O) groups is 1. The molecule has 1 amide bonds. The molecule has 0 bridgehead atoms. The van der Waals surface area contributed by atoms with Gasteiger partial charge in [0, 0.05) is 13.1 Å². The van der Waals surface area contributed by atoms with E-state index in [0.717, 1.165) is 6.42 Å². The molecule has 1 aromatic carbocycles. The third-order valence-electron chi connectivity index (χ3n) is 3.06. The number of amides is 1. The number of nitrogens with one attached hydrogen (secondary N) is 2. The van der Waals surface area contributed by atoms with E-state index in [1.807, 2.05) is 0 Å². The maximum atomic E-state index is 12.3. The number of nitrogens with two attached hydrogens (primary N) is 1. The van der Waals surface area contributed by atoms with Crippen molar-refractivity contribution in [3.63, 3.8) is 0 Å². The molecule has 104 valence electrons. The van der Waals surface area contributed by atoms with Crippen molar-refractivity contribution < 1.29 is 13.2 Å². The quantitative estimate of drug-likeness (QED) is 0.706. The summed E-state index contributed by atoms with van der Waals surface area (Å²) in [6.45, 7) is 0.727. The first kappa shape index (κ1) is 14.0. The first-order valence-electron chi connectivity index (χ1n) is 6.12. The lowest BCUT2D eigenvalue weighted by molar-refractivity contribution is -0.124. The summed E-state index contributed by atoms with van der Waals surface area (Å²) >= 11 is 0. The van der Waals surface area contributed by atoms with Gasteiger partial charge >= 0.3 is 0 Å². The van der Waals surface area contributed by atoms with Gasteiger partial charge in [0.1, 0.15) is 6.04 Å². The van der Waals surface area contributed by atoms with Crippen LogP contribution in [0.15, 0.2) is 29.2 Å². The van der Waals surface area contributed by atoms with Crippen molar-refractivity contribution in [2.75, 3.05) is 6.54 Å². The lowest BCUT2D eigenvalue weighted by atomic mass is 10.1. The molecule has 1 fully saturated rings. The molecule has 19 heavy (non-hydrogen) atoms. The minimum Gasteiger partial charge on any atom is -0.355 e. The Morgan fingerprint density at radius 1 is 1.37 bits per heavy atom. The second-order valence-electron chi connectivity index (χ2n) is 4.42. The van der Waals surface area contributed by atoms with Gasteiger partial charge in [0.15, 0.2) is 0 Å². The second-order valence-corrected chi connectivity index (χ2v) is 6.10. The molecule has 1 aliphatic rings. The van der Waals surface area contributed by atoms with Crippen LogP contribution in [0.4, 0.5) is 0 Å². The van der Waals surface area contributed by atoms with E-state index in [4.69, 9.17) is 5.73 Å². The summed E-state index contributed by atoms with van der Waals surface area (Å²) in [6, 6.07) is 5.81. The third kappa shape index (κ3) is 3.12. The zero-order valence-electron chi connectivity index (χ0n) is 10.4. The molecule has 0 aliphatic carbocycles.